The molecule has 0 saturated heterocycles. The average molecular weight is 183 g/mol. The van der Waals surface area contributed by atoms with Crippen LogP contribution in [0.25, 0.3) is 0 Å². The largest absolute Gasteiger partial charge is 0.386 e. The van der Waals surface area contributed by atoms with Gasteiger partial charge in [0.25, 0.3) is 0 Å². The molecule has 0 aromatic carbocycles. The molecule has 2 nitrogen and oxygen atoms in total. The van der Waals surface area contributed by atoms with E-state index in [2.05, 4.69) is 5.32 Å². The smallest absolute Gasteiger partial charge is 0.101 e. The second-order valence-corrected chi connectivity index (χ2v) is 4.19. The minimum Gasteiger partial charge on any atom is -0.386 e. The second kappa shape index (κ2) is 3.56. The predicted molar refractivity (Wildman–Crippen MR) is 50.3 cm³/mol. The third-order valence-corrected chi connectivity index (χ3v) is 3.02. The molecule has 3 heteroatoms. The van der Waals surface area contributed by atoms with E-state index in [4.69, 9.17) is 0 Å². The van der Waals surface area contributed by atoms with Crippen LogP contribution >= 0.6 is 11.3 Å². The molecule has 1 aromatic rings. The molecule has 66 valence electrons. The van der Waals surface area contributed by atoms with Crippen LogP contribution in [0.4, 0.5) is 0 Å². The molecule has 0 spiro atoms. The molecular formula is C9H13NOS. The number of aliphatic hydroxyl groups is 1. The van der Waals surface area contributed by atoms with Crippen LogP contribution in [-0.4, -0.2) is 17.7 Å². The number of aliphatic hydroxyl groups excluding tert-OH is 1. The van der Waals surface area contributed by atoms with Crippen molar-refractivity contribution in [3.8, 4) is 0 Å². The Balaban J connectivity index is 1.79. The van der Waals surface area contributed by atoms with Crippen LogP contribution < -0.4 is 5.32 Å². The summed E-state index contributed by atoms with van der Waals surface area (Å²) in [5, 5.41) is 14.9. The van der Waals surface area contributed by atoms with E-state index >= 15 is 0 Å². The number of nitrogens with one attached hydrogen (secondary N) is 1. The van der Waals surface area contributed by atoms with Crippen LogP contribution in [0.1, 0.15) is 23.8 Å². The van der Waals surface area contributed by atoms with Gasteiger partial charge in [-0.05, 0) is 24.3 Å². The average Bonchev–Trinajstić information content (AvgIpc) is 2.74. The maximum Gasteiger partial charge on any atom is 0.101 e. The van der Waals surface area contributed by atoms with Crippen molar-refractivity contribution in [1.29, 1.82) is 0 Å². The first-order valence-electron chi connectivity index (χ1n) is 4.31. The van der Waals surface area contributed by atoms with E-state index in [0.29, 0.717) is 12.6 Å². The van der Waals surface area contributed by atoms with Gasteiger partial charge in [0, 0.05) is 17.5 Å². The van der Waals surface area contributed by atoms with Gasteiger partial charge >= 0.3 is 0 Å². The molecule has 0 aliphatic heterocycles. The van der Waals surface area contributed by atoms with Gasteiger partial charge in [-0.15, -0.1) is 11.3 Å². The van der Waals surface area contributed by atoms with E-state index in [-0.39, 0.29) is 6.10 Å². The Hall–Kier alpha value is -0.380. The van der Waals surface area contributed by atoms with Gasteiger partial charge in [-0.1, -0.05) is 6.07 Å². The van der Waals surface area contributed by atoms with E-state index in [9.17, 15) is 5.11 Å². The zero-order valence-electron chi connectivity index (χ0n) is 6.86. The lowest BCUT2D eigenvalue weighted by atomic mass is 10.3. The van der Waals surface area contributed by atoms with Crippen molar-refractivity contribution < 1.29 is 5.11 Å². The number of rotatable bonds is 4. The molecular weight excluding hydrogens is 170 g/mol. The van der Waals surface area contributed by atoms with Crippen molar-refractivity contribution >= 4 is 11.3 Å². The van der Waals surface area contributed by atoms with Gasteiger partial charge in [0.1, 0.15) is 6.10 Å². The van der Waals surface area contributed by atoms with E-state index in [0.717, 1.165) is 4.88 Å². The van der Waals surface area contributed by atoms with Gasteiger partial charge in [-0.3, -0.25) is 0 Å². The monoisotopic (exact) mass is 183 g/mol. The first kappa shape index (κ1) is 8.23. The first-order chi connectivity index (χ1) is 5.86. The zero-order chi connectivity index (χ0) is 8.39. The maximum absolute atomic E-state index is 9.63. The highest BCUT2D eigenvalue weighted by Gasteiger charge is 2.21. The Bertz CT molecular complexity index is 231. The van der Waals surface area contributed by atoms with Crippen molar-refractivity contribution in [3.63, 3.8) is 0 Å². The summed E-state index contributed by atoms with van der Waals surface area (Å²) in [6, 6.07) is 4.63. The molecule has 1 aliphatic carbocycles. The number of hydrogen-bond acceptors (Lipinski definition) is 3. The fraction of sp³-hybridized carbons (Fsp3) is 0.556. The molecule has 1 atom stereocenters. The van der Waals surface area contributed by atoms with Crippen molar-refractivity contribution in [2.45, 2.75) is 25.0 Å². The van der Waals surface area contributed by atoms with Gasteiger partial charge < -0.3 is 10.4 Å². The molecule has 1 fully saturated rings. The third-order valence-electron chi connectivity index (χ3n) is 2.05. The Morgan fingerprint density at radius 2 is 2.50 bits per heavy atom. The van der Waals surface area contributed by atoms with Crippen LogP contribution in [0.5, 0.6) is 0 Å². The fourth-order valence-corrected chi connectivity index (χ4v) is 1.86. The molecule has 1 aromatic heterocycles. The Labute approximate surface area is 76.2 Å². The first-order valence-corrected chi connectivity index (χ1v) is 5.19. The molecule has 1 unspecified atom stereocenters. The molecule has 0 amide bonds. The van der Waals surface area contributed by atoms with Crippen LogP contribution in [0.2, 0.25) is 0 Å². The lowest BCUT2D eigenvalue weighted by Gasteiger charge is -2.08. The summed E-state index contributed by atoms with van der Waals surface area (Å²) in [6.07, 6.45) is 2.24. The molecule has 1 saturated carbocycles. The molecule has 2 rings (SSSR count). The normalized spacial score (nSPS) is 19.4. The Morgan fingerprint density at radius 1 is 1.67 bits per heavy atom. The van der Waals surface area contributed by atoms with Crippen LogP contribution in [0, 0.1) is 0 Å². The number of hydrogen-bond donors (Lipinski definition) is 2. The molecule has 1 aliphatic rings. The Morgan fingerprint density at radius 3 is 3.08 bits per heavy atom. The van der Waals surface area contributed by atoms with Crippen LogP contribution in [0.3, 0.4) is 0 Å². The summed E-state index contributed by atoms with van der Waals surface area (Å²) in [7, 11) is 0. The van der Waals surface area contributed by atoms with Gasteiger partial charge in [0.05, 0.1) is 0 Å². The van der Waals surface area contributed by atoms with E-state index in [1.54, 1.807) is 11.3 Å². The summed E-state index contributed by atoms with van der Waals surface area (Å²) in [5.41, 5.74) is 0. The van der Waals surface area contributed by atoms with Gasteiger partial charge in [0.15, 0.2) is 0 Å². The highest BCUT2D eigenvalue weighted by molar-refractivity contribution is 7.10. The lowest BCUT2D eigenvalue weighted by molar-refractivity contribution is 0.178. The topological polar surface area (TPSA) is 32.3 Å². The van der Waals surface area contributed by atoms with Gasteiger partial charge in [0.2, 0.25) is 0 Å². The summed E-state index contributed by atoms with van der Waals surface area (Å²) in [4.78, 5) is 1.06. The minimum atomic E-state index is -0.314. The van der Waals surface area contributed by atoms with Crippen molar-refractivity contribution in [2.75, 3.05) is 6.54 Å². The van der Waals surface area contributed by atoms with Gasteiger partial charge in [-0.2, -0.15) is 0 Å². The molecule has 0 bridgehead atoms. The fourth-order valence-electron chi connectivity index (χ4n) is 1.15. The Kier molecular flexibility index (Phi) is 2.44. The van der Waals surface area contributed by atoms with Crippen LogP contribution in [0.15, 0.2) is 17.5 Å². The summed E-state index contributed by atoms with van der Waals surface area (Å²) < 4.78 is 0. The quantitative estimate of drug-likeness (QED) is 0.742. The van der Waals surface area contributed by atoms with E-state index < -0.39 is 0 Å². The summed E-state index contributed by atoms with van der Waals surface area (Å²) in [5.74, 6) is 0. The maximum atomic E-state index is 9.63. The molecule has 2 N–H and O–H groups in total. The SMILES string of the molecule is OC(CNC1CC1)c1cccs1. The second-order valence-electron chi connectivity index (χ2n) is 3.21. The highest BCUT2D eigenvalue weighted by Crippen LogP contribution is 2.22. The zero-order valence-corrected chi connectivity index (χ0v) is 7.68. The number of thiophene rings is 1. The predicted octanol–water partition coefficient (Wildman–Crippen LogP) is 1.53. The lowest BCUT2D eigenvalue weighted by Crippen LogP contribution is -2.22. The van der Waals surface area contributed by atoms with Crippen LogP contribution in [-0.2, 0) is 0 Å². The van der Waals surface area contributed by atoms with Crippen molar-refractivity contribution in [1.82, 2.24) is 5.32 Å². The van der Waals surface area contributed by atoms with Crippen molar-refractivity contribution in [2.24, 2.45) is 0 Å². The third kappa shape index (κ3) is 2.06. The molecule has 12 heavy (non-hydrogen) atoms. The van der Waals surface area contributed by atoms with E-state index in [1.165, 1.54) is 12.8 Å². The molecule has 0 radical (unpaired) electrons. The highest BCUT2D eigenvalue weighted by atomic mass is 32.1. The molecule has 1 heterocycles. The summed E-state index contributed by atoms with van der Waals surface area (Å²) in [6.45, 7) is 0.700. The minimum absolute atomic E-state index is 0.314. The van der Waals surface area contributed by atoms with Gasteiger partial charge in [-0.25, -0.2) is 0 Å². The summed E-state index contributed by atoms with van der Waals surface area (Å²) >= 11 is 1.61. The van der Waals surface area contributed by atoms with Crippen molar-refractivity contribution in [3.05, 3.63) is 22.4 Å². The standard InChI is InChI=1S/C9H13NOS/c11-8(6-10-7-3-4-7)9-2-1-5-12-9/h1-2,5,7-8,10-11H,3-4,6H2. The van der Waals surface area contributed by atoms with E-state index in [1.807, 2.05) is 17.5 Å².